The minimum absolute atomic E-state index is 0.111. The number of anilines is 1. The lowest BCUT2D eigenvalue weighted by Crippen LogP contribution is -2.27. The first-order valence-electron chi connectivity index (χ1n) is 6.70. The normalized spacial score (nSPS) is 13.8. The van der Waals surface area contributed by atoms with E-state index in [1.54, 1.807) is 19.3 Å². The van der Waals surface area contributed by atoms with E-state index in [1.165, 1.54) is 4.90 Å². The van der Waals surface area contributed by atoms with E-state index in [0.717, 1.165) is 12.8 Å². The third-order valence-corrected chi connectivity index (χ3v) is 3.23. The van der Waals surface area contributed by atoms with Crippen molar-refractivity contribution in [3.63, 3.8) is 0 Å². The molecule has 1 aromatic heterocycles. The molecule has 1 saturated carbocycles. The Kier molecular flexibility index (Phi) is 3.37. The quantitative estimate of drug-likeness (QED) is 0.856. The number of carbonyl (C=O) groups is 1. The Morgan fingerprint density at radius 2 is 1.95 bits per heavy atom. The molecule has 1 aliphatic carbocycles. The summed E-state index contributed by atoms with van der Waals surface area (Å²) in [7, 11) is 1.72. The zero-order chi connectivity index (χ0) is 13.9. The van der Waals surface area contributed by atoms with E-state index in [-0.39, 0.29) is 12.0 Å². The Hall–Kier alpha value is -2.36. The largest absolute Gasteiger partial charge is 0.490 e. The Bertz CT molecular complexity index is 609. The molecule has 0 bridgehead atoms. The minimum Gasteiger partial charge on any atom is -0.490 e. The van der Waals surface area contributed by atoms with Gasteiger partial charge in [-0.15, -0.1) is 0 Å². The standard InChI is InChI=1S/C16H16N2O2/c1-18(15-8-4-5-11-17-15)16(19)13-6-2-3-7-14(13)20-12-9-10-12/h2-8,11-12H,9-10H2,1H3. The predicted octanol–water partition coefficient (Wildman–Crippen LogP) is 2.90. The minimum atomic E-state index is -0.111. The van der Waals surface area contributed by atoms with Crippen LogP contribution in [0.2, 0.25) is 0 Å². The van der Waals surface area contributed by atoms with Gasteiger partial charge in [-0.3, -0.25) is 9.69 Å². The van der Waals surface area contributed by atoms with E-state index in [4.69, 9.17) is 4.74 Å². The van der Waals surface area contributed by atoms with Crippen LogP contribution in [0, 0.1) is 0 Å². The fourth-order valence-corrected chi connectivity index (χ4v) is 1.95. The van der Waals surface area contributed by atoms with Gasteiger partial charge >= 0.3 is 0 Å². The number of benzene rings is 1. The average Bonchev–Trinajstić information content (AvgIpc) is 3.31. The number of amides is 1. The van der Waals surface area contributed by atoms with Gasteiger partial charge in [0, 0.05) is 13.2 Å². The van der Waals surface area contributed by atoms with Gasteiger partial charge in [0.25, 0.3) is 5.91 Å². The molecule has 0 aliphatic heterocycles. The van der Waals surface area contributed by atoms with Crippen LogP contribution in [0.4, 0.5) is 5.82 Å². The lowest BCUT2D eigenvalue weighted by Gasteiger charge is -2.18. The summed E-state index contributed by atoms with van der Waals surface area (Å²) in [5.74, 6) is 1.17. The van der Waals surface area contributed by atoms with Crippen molar-refractivity contribution in [2.24, 2.45) is 0 Å². The van der Waals surface area contributed by atoms with Crippen molar-refractivity contribution in [3.05, 3.63) is 54.2 Å². The molecule has 20 heavy (non-hydrogen) atoms. The zero-order valence-electron chi connectivity index (χ0n) is 11.3. The van der Waals surface area contributed by atoms with Crippen LogP contribution in [0.5, 0.6) is 5.75 Å². The lowest BCUT2D eigenvalue weighted by molar-refractivity contribution is 0.0988. The van der Waals surface area contributed by atoms with E-state index in [2.05, 4.69) is 4.98 Å². The molecule has 0 radical (unpaired) electrons. The van der Waals surface area contributed by atoms with Gasteiger partial charge in [0.2, 0.25) is 0 Å². The third-order valence-electron chi connectivity index (χ3n) is 3.23. The molecule has 4 nitrogen and oxygen atoms in total. The molecule has 1 amide bonds. The van der Waals surface area contributed by atoms with Gasteiger partial charge in [0.15, 0.2) is 0 Å². The number of pyridine rings is 1. The number of nitrogens with zero attached hydrogens (tertiary/aromatic N) is 2. The molecule has 0 spiro atoms. The first-order chi connectivity index (χ1) is 9.75. The fourth-order valence-electron chi connectivity index (χ4n) is 1.95. The molecule has 0 saturated heterocycles. The second-order valence-electron chi connectivity index (χ2n) is 4.87. The number of hydrogen-bond acceptors (Lipinski definition) is 3. The van der Waals surface area contributed by atoms with Gasteiger partial charge in [0.1, 0.15) is 11.6 Å². The monoisotopic (exact) mass is 268 g/mol. The van der Waals surface area contributed by atoms with Crippen LogP contribution in [0.15, 0.2) is 48.7 Å². The molecule has 3 rings (SSSR count). The summed E-state index contributed by atoms with van der Waals surface area (Å²) in [6.45, 7) is 0. The molecule has 0 unspecified atom stereocenters. The summed E-state index contributed by atoms with van der Waals surface area (Å²) in [6, 6.07) is 12.9. The van der Waals surface area contributed by atoms with Crippen LogP contribution in [-0.4, -0.2) is 24.0 Å². The maximum absolute atomic E-state index is 12.6. The van der Waals surface area contributed by atoms with Crippen LogP contribution in [0.25, 0.3) is 0 Å². The number of rotatable bonds is 4. The first-order valence-corrected chi connectivity index (χ1v) is 6.70. The molecular weight excluding hydrogens is 252 g/mol. The molecule has 1 fully saturated rings. The topological polar surface area (TPSA) is 42.4 Å². The molecule has 2 aromatic rings. The number of para-hydroxylation sites is 1. The van der Waals surface area contributed by atoms with Crippen molar-refractivity contribution in [2.45, 2.75) is 18.9 Å². The fraction of sp³-hybridized carbons (Fsp3) is 0.250. The molecule has 102 valence electrons. The van der Waals surface area contributed by atoms with Gasteiger partial charge in [-0.05, 0) is 37.1 Å². The van der Waals surface area contributed by atoms with Crippen LogP contribution in [0.1, 0.15) is 23.2 Å². The molecule has 0 N–H and O–H groups in total. The van der Waals surface area contributed by atoms with E-state index >= 15 is 0 Å². The van der Waals surface area contributed by atoms with Gasteiger partial charge in [-0.2, -0.15) is 0 Å². The summed E-state index contributed by atoms with van der Waals surface area (Å²) in [5, 5.41) is 0. The highest BCUT2D eigenvalue weighted by Crippen LogP contribution is 2.29. The van der Waals surface area contributed by atoms with Crippen LogP contribution >= 0.6 is 0 Å². The molecular formula is C16H16N2O2. The van der Waals surface area contributed by atoms with Gasteiger partial charge in [-0.25, -0.2) is 4.98 Å². The highest BCUT2D eigenvalue weighted by Gasteiger charge is 2.26. The number of carbonyl (C=O) groups excluding carboxylic acids is 1. The van der Waals surface area contributed by atoms with Crippen molar-refractivity contribution in [1.29, 1.82) is 0 Å². The van der Waals surface area contributed by atoms with Crippen LogP contribution in [-0.2, 0) is 0 Å². The molecule has 0 atom stereocenters. The summed E-state index contributed by atoms with van der Waals surface area (Å²) >= 11 is 0. The highest BCUT2D eigenvalue weighted by atomic mass is 16.5. The van der Waals surface area contributed by atoms with Gasteiger partial charge < -0.3 is 4.74 Å². The van der Waals surface area contributed by atoms with Crippen molar-refractivity contribution in [3.8, 4) is 5.75 Å². The SMILES string of the molecule is CN(C(=O)c1ccccc1OC1CC1)c1ccccn1. The Morgan fingerprint density at radius 1 is 1.20 bits per heavy atom. The van der Waals surface area contributed by atoms with Crippen LogP contribution in [0.3, 0.4) is 0 Å². The predicted molar refractivity (Wildman–Crippen MR) is 77.1 cm³/mol. The average molecular weight is 268 g/mol. The smallest absolute Gasteiger partial charge is 0.262 e. The van der Waals surface area contributed by atoms with Gasteiger partial charge in [0.05, 0.1) is 11.7 Å². The second-order valence-corrected chi connectivity index (χ2v) is 4.87. The Balaban J connectivity index is 1.86. The highest BCUT2D eigenvalue weighted by molar-refractivity contribution is 6.07. The van der Waals surface area contributed by atoms with Crippen molar-refractivity contribution < 1.29 is 9.53 Å². The third kappa shape index (κ3) is 2.64. The van der Waals surface area contributed by atoms with Crippen LogP contribution < -0.4 is 9.64 Å². The first kappa shape index (κ1) is 12.7. The molecule has 1 aliphatic rings. The van der Waals surface area contributed by atoms with E-state index in [9.17, 15) is 4.79 Å². The zero-order valence-corrected chi connectivity index (χ0v) is 11.3. The number of hydrogen-bond donors (Lipinski definition) is 0. The van der Waals surface area contributed by atoms with Gasteiger partial charge in [-0.1, -0.05) is 18.2 Å². The second kappa shape index (κ2) is 5.33. The lowest BCUT2D eigenvalue weighted by atomic mass is 10.1. The summed E-state index contributed by atoms with van der Waals surface area (Å²) in [4.78, 5) is 18.3. The Morgan fingerprint density at radius 3 is 2.65 bits per heavy atom. The summed E-state index contributed by atoms with van der Waals surface area (Å²) in [5.41, 5.74) is 0.576. The number of ether oxygens (including phenoxy) is 1. The Labute approximate surface area is 118 Å². The van der Waals surface area contributed by atoms with E-state index in [1.807, 2.05) is 36.4 Å². The van der Waals surface area contributed by atoms with E-state index in [0.29, 0.717) is 17.1 Å². The molecule has 1 heterocycles. The van der Waals surface area contributed by atoms with Crippen molar-refractivity contribution >= 4 is 11.7 Å². The maximum atomic E-state index is 12.6. The van der Waals surface area contributed by atoms with E-state index < -0.39 is 0 Å². The molecule has 1 aromatic carbocycles. The number of aromatic nitrogens is 1. The van der Waals surface area contributed by atoms with Crippen molar-refractivity contribution in [2.75, 3.05) is 11.9 Å². The summed E-state index contributed by atoms with van der Waals surface area (Å²) in [6.07, 6.45) is 4.08. The maximum Gasteiger partial charge on any atom is 0.262 e. The van der Waals surface area contributed by atoms with Crippen molar-refractivity contribution in [1.82, 2.24) is 4.98 Å². The molecule has 4 heteroatoms. The summed E-state index contributed by atoms with van der Waals surface area (Å²) < 4.78 is 5.80.